The number of anilines is 1. The van der Waals surface area contributed by atoms with Crippen molar-refractivity contribution in [1.29, 1.82) is 0 Å². The van der Waals surface area contributed by atoms with Crippen LogP contribution in [0, 0.1) is 6.92 Å². The second-order valence-electron chi connectivity index (χ2n) is 4.10. The largest absolute Gasteiger partial charge is 0.343 e. The maximum Gasteiger partial charge on any atom is 0.186 e. The van der Waals surface area contributed by atoms with E-state index in [1.54, 1.807) is 0 Å². The Kier molecular flexibility index (Phi) is 2.72. The molecule has 0 spiro atoms. The lowest BCUT2D eigenvalue weighted by Crippen LogP contribution is -2.29. The van der Waals surface area contributed by atoms with Crippen LogP contribution in [-0.4, -0.2) is 17.8 Å². The summed E-state index contributed by atoms with van der Waals surface area (Å²) in [6.07, 6.45) is 1.98. The van der Waals surface area contributed by atoms with E-state index in [1.807, 2.05) is 18.3 Å². The molecule has 3 rings (SSSR count). The fourth-order valence-corrected chi connectivity index (χ4v) is 3.85. The van der Waals surface area contributed by atoms with Crippen molar-refractivity contribution >= 4 is 34.1 Å². The van der Waals surface area contributed by atoms with Gasteiger partial charge in [-0.1, -0.05) is 11.3 Å². The van der Waals surface area contributed by atoms with Gasteiger partial charge in [0.05, 0.1) is 10.6 Å². The smallest absolute Gasteiger partial charge is 0.186 e. The summed E-state index contributed by atoms with van der Waals surface area (Å²) in [7, 11) is 0. The zero-order valence-electron chi connectivity index (χ0n) is 9.47. The standard InChI is InChI=1S/C12H12N2OS2/c1-8-11(7-15)17-12(13-8)14-4-2-10-9(6-14)3-5-16-10/h3,5,7H,2,4,6H2,1H3. The Balaban J connectivity index is 1.88. The molecule has 0 amide bonds. The zero-order valence-corrected chi connectivity index (χ0v) is 11.1. The van der Waals surface area contributed by atoms with Crippen LogP contribution in [0.1, 0.15) is 25.8 Å². The fourth-order valence-electron chi connectivity index (χ4n) is 2.05. The summed E-state index contributed by atoms with van der Waals surface area (Å²) >= 11 is 3.33. The van der Waals surface area contributed by atoms with Gasteiger partial charge in [0.25, 0.3) is 0 Å². The predicted molar refractivity (Wildman–Crippen MR) is 71.3 cm³/mol. The maximum absolute atomic E-state index is 10.8. The number of hydrogen-bond acceptors (Lipinski definition) is 5. The van der Waals surface area contributed by atoms with E-state index in [4.69, 9.17) is 0 Å². The summed E-state index contributed by atoms with van der Waals surface area (Å²) in [4.78, 5) is 19.8. The normalized spacial score (nSPS) is 14.8. The van der Waals surface area contributed by atoms with Crippen LogP contribution in [0.15, 0.2) is 11.4 Å². The highest BCUT2D eigenvalue weighted by molar-refractivity contribution is 7.17. The van der Waals surface area contributed by atoms with E-state index in [0.717, 1.165) is 41.5 Å². The Labute approximate surface area is 108 Å². The van der Waals surface area contributed by atoms with Gasteiger partial charge in [-0.05, 0) is 30.4 Å². The van der Waals surface area contributed by atoms with Gasteiger partial charge in [0, 0.05) is 18.0 Å². The molecule has 0 saturated heterocycles. The van der Waals surface area contributed by atoms with Crippen molar-refractivity contribution in [3.63, 3.8) is 0 Å². The summed E-state index contributed by atoms with van der Waals surface area (Å²) in [6.45, 7) is 3.81. The van der Waals surface area contributed by atoms with Crippen molar-refractivity contribution < 1.29 is 4.79 Å². The molecule has 1 aliphatic heterocycles. The first-order valence-electron chi connectivity index (χ1n) is 5.50. The Bertz CT molecular complexity index is 559. The predicted octanol–water partition coefficient (Wildman–Crippen LogP) is 2.89. The third kappa shape index (κ3) is 1.89. The highest BCUT2D eigenvalue weighted by Gasteiger charge is 2.20. The van der Waals surface area contributed by atoms with E-state index < -0.39 is 0 Å². The average Bonchev–Trinajstić information content (AvgIpc) is 2.93. The number of nitrogens with zero attached hydrogens (tertiary/aromatic N) is 2. The number of hydrogen-bond donors (Lipinski definition) is 0. The average molecular weight is 264 g/mol. The molecule has 2 aromatic rings. The molecule has 88 valence electrons. The van der Waals surface area contributed by atoms with Gasteiger partial charge in [-0.3, -0.25) is 4.79 Å². The summed E-state index contributed by atoms with van der Waals surface area (Å²) in [5.74, 6) is 0. The number of aromatic nitrogens is 1. The van der Waals surface area contributed by atoms with E-state index in [9.17, 15) is 4.79 Å². The number of carbonyl (C=O) groups is 1. The zero-order chi connectivity index (χ0) is 11.8. The molecule has 1 aliphatic rings. The Morgan fingerprint density at radius 2 is 2.41 bits per heavy atom. The lowest BCUT2D eigenvalue weighted by Gasteiger charge is -2.26. The monoisotopic (exact) mass is 264 g/mol. The molecule has 17 heavy (non-hydrogen) atoms. The van der Waals surface area contributed by atoms with Crippen LogP contribution in [0.5, 0.6) is 0 Å². The second kappa shape index (κ2) is 4.23. The first-order valence-corrected chi connectivity index (χ1v) is 7.20. The van der Waals surface area contributed by atoms with E-state index in [2.05, 4.69) is 21.3 Å². The highest BCUT2D eigenvalue weighted by atomic mass is 32.1. The molecule has 0 aliphatic carbocycles. The molecule has 3 nitrogen and oxygen atoms in total. The van der Waals surface area contributed by atoms with Gasteiger partial charge in [-0.15, -0.1) is 11.3 Å². The van der Waals surface area contributed by atoms with Crippen LogP contribution in [0.2, 0.25) is 0 Å². The second-order valence-corrected chi connectivity index (χ2v) is 6.11. The van der Waals surface area contributed by atoms with Crippen molar-refractivity contribution in [2.24, 2.45) is 0 Å². The van der Waals surface area contributed by atoms with Crippen molar-refractivity contribution in [3.05, 3.63) is 32.5 Å². The molecule has 0 radical (unpaired) electrons. The summed E-state index contributed by atoms with van der Waals surface area (Å²) in [6, 6.07) is 2.19. The van der Waals surface area contributed by atoms with Gasteiger partial charge in [0.2, 0.25) is 0 Å². The Morgan fingerprint density at radius 1 is 1.53 bits per heavy atom. The van der Waals surface area contributed by atoms with Gasteiger partial charge < -0.3 is 4.90 Å². The number of rotatable bonds is 2. The summed E-state index contributed by atoms with van der Waals surface area (Å²) in [5.41, 5.74) is 2.25. The number of carbonyl (C=O) groups excluding carboxylic acids is 1. The van der Waals surface area contributed by atoms with Crippen molar-refractivity contribution in [2.75, 3.05) is 11.4 Å². The van der Waals surface area contributed by atoms with Gasteiger partial charge in [-0.25, -0.2) is 4.98 Å². The topological polar surface area (TPSA) is 33.2 Å². The van der Waals surface area contributed by atoms with E-state index >= 15 is 0 Å². The number of fused-ring (bicyclic) bond motifs is 1. The lowest BCUT2D eigenvalue weighted by molar-refractivity contribution is 0.112. The molecule has 3 heterocycles. The number of aldehydes is 1. The molecule has 0 atom stereocenters. The minimum Gasteiger partial charge on any atom is -0.343 e. The molecule has 2 aromatic heterocycles. The first-order chi connectivity index (χ1) is 8.28. The molecule has 0 aromatic carbocycles. The van der Waals surface area contributed by atoms with Gasteiger partial charge >= 0.3 is 0 Å². The molecule has 5 heteroatoms. The quantitative estimate of drug-likeness (QED) is 0.782. The number of thiophene rings is 1. The van der Waals surface area contributed by atoms with Crippen molar-refractivity contribution in [3.8, 4) is 0 Å². The minimum absolute atomic E-state index is 0.746. The van der Waals surface area contributed by atoms with Gasteiger partial charge in [-0.2, -0.15) is 0 Å². The molecule has 0 N–H and O–H groups in total. The van der Waals surface area contributed by atoms with E-state index in [-0.39, 0.29) is 0 Å². The van der Waals surface area contributed by atoms with Crippen LogP contribution in [0.4, 0.5) is 5.13 Å². The van der Waals surface area contributed by atoms with Crippen molar-refractivity contribution in [2.45, 2.75) is 19.9 Å². The molecule has 0 fully saturated rings. The third-order valence-corrected chi connectivity index (χ3v) is 5.17. The summed E-state index contributed by atoms with van der Waals surface area (Å²) in [5, 5.41) is 3.12. The molecule has 0 saturated carbocycles. The van der Waals surface area contributed by atoms with Crippen LogP contribution >= 0.6 is 22.7 Å². The van der Waals surface area contributed by atoms with E-state index in [0.29, 0.717) is 0 Å². The molecular weight excluding hydrogens is 252 g/mol. The molecule has 0 unspecified atom stereocenters. The first kappa shape index (κ1) is 10.9. The van der Waals surface area contributed by atoms with Gasteiger partial charge in [0.1, 0.15) is 0 Å². The lowest BCUT2D eigenvalue weighted by atomic mass is 10.1. The maximum atomic E-state index is 10.8. The molecule has 0 bridgehead atoms. The highest BCUT2D eigenvalue weighted by Crippen LogP contribution is 2.31. The number of aryl methyl sites for hydroxylation is 1. The van der Waals surface area contributed by atoms with Gasteiger partial charge in [0.15, 0.2) is 11.4 Å². The van der Waals surface area contributed by atoms with Crippen LogP contribution in [-0.2, 0) is 13.0 Å². The van der Waals surface area contributed by atoms with Crippen LogP contribution < -0.4 is 4.90 Å². The minimum atomic E-state index is 0.746. The Morgan fingerprint density at radius 3 is 3.18 bits per heavy atom. The molecular formula is C12H12N2OS2. The fraction of sp³-hybridized carbons (Fsp3) is 0.333. The Hall–Kier alpha value is -1.20. The van der Waals surface area contributed by atoms with Crippen molar-refractivity contribution in [1.82, 2.24) is 4.98 Å². The van der Waals surface area contributed by atoms with Crippen LogP contribution in [0.25, 0.3) is 0 Å². The third-order valence-electron chi connectivity index (χ3n) is 3.01. The van der Waals surface area contributed by atoms with Crippen LogP contribution in [0.3, 0.4) is 0 Å². The summed E-state index contributed by atoms with van der Waals surface area (Å²) < 4.78 is 0. The number of thiazole rings is 1. The SMILES string of the molecule is Cc1nc(N2CCc3sccc3C2)sc1C=O. The van der Waals surface area contributed by atoms with E-state index in [1.165, 1.54) is 21.8 Å².